The number of imide groups is 1. The van der Waals surface area contributed by atoms with Gasteiger partial charge < -0.3 is 19.7 Å². The van der Waals surface area contributed by atoms with Crippen LogP contribution in [0.25, 0.3) is 22.2 Å². The minimum Gasteiger partial charge on any atom is -0.372 e. The van der Waals surface area contributed by atoms with Crippen molar-refractivity contribution in [1.29, 1.82) is 0 Å². The molecule has 5 aromatic rings. The van der Waals surface area contributed by atoms with E-state index in [1.54, 1.807) is 17.2 Å². The normalized spacial score (nSPS) is 21.2. The number of H-pyrrole nitrogens is 1. The van der Waals surface area contributed by atoms with Gasteiger partial charge in [-0.1, -0.05) is 12.1 Å². The fraction of sp³-hybridized carbons (Fsp3) is 0.383. The molecule has 5 aliphatic heterocycles. The number of rotatable bonds is 11. The van der Waals surface area contributed by atoms with Crippen LogP contribution < -0.4 is 19.8 Å². The number of carbonyl (C=O) groups excluding carboxylic acids is 4. The summed E-state index contributed by atoms with van der Waals surface area (Å²) in [5, 5.41) is 2.70. The predicted molar refractivity (Wildman–Crippen MR) is 241 cm³/mol. The summed E-state index contributed by atoms with van der Waals surface area (Å²) in [5.41, 5.74) is 3.92. The molecule has 0 saturated carbocycles. The molecule has 4 saturated heterocycles. The van der Waals surface area contributed by atoms with Crippen LogP contribution in [0.3, 0.4) is 0 Å². The fourth-order valence-corrected chi connectivity index (χ4v) is 11.3. The average Bonchev–Trinajstić information content (AvgIpc) is 4.04. The molecule has 0 spiro atoms. The zero-order chi connectivity index (χ0) is 45.9. The van der Waals surface area contributed by atoms with Crippen LogP contribution in [0.2, 0.25) is 0 Å². The third-order valence-corrected chi connectivity index (χ3v) is 15.2. The summed E-state index contributed by atoms with van der Waals surface area (Å²) in [7, 11) is -4.36. The molecule has 0 radical (unpaired) electrons. The van der Waals surface area contributed by atoms with Crippen molar-refractivity contribution in [3.63, 3.8) is 0 Å². The molecule has 15 nitrogen and oxygen atoms in total. The lowest BCUT2D eigenvalue weighted by atomic mass is 9.95. The van der Waals surface area contributed by atoms with E-state index in [9.17, 15) is 32.0 Å². The van der Waals surface area contributed by atoms with E-state index in [1.165, 1.54) is 6.20 Å². The van der Waals surface area contributed by atoms with E-state index in [0.717, 1.165) is 97.6 Å². The predicted octanol–water partition coefficient (Wildman–Crippen LogP) is 5.24. The Morgan fingerprint density at radius 3 is 2.30 bits per heavy atom. The first-order valence-electron chi connectivity index (χ1n) is 22.3. The molecule has 19 heteroatoms. The summed E-state index contributed by atoms with van der Waals surface area (Å²) in [6, 6.07) is 16.8. The van der Waals surface area contributed by atoms with E-state index < -0.39 is 57.0 Å². The average molecular weight is 924 g/mol. The number of aromatic nitrogens is 2. The van der Waals surface area contributed by atoms with E-state index in [1.807, 2.05) is 29.0 Å². The molecule has 5 aliphatic rings. The van der Waals surface area contributed by atoms with Crippen molar-refractivity contribution in [3.8, 4) is 11.1 Å². The number of nitrogens with one attached hydrogen (secondary N) is 3. The summed E-state index contributed by atoms with van der Waals surface area (Å²) in [5.74, 6) is -3.85. The number of amides is 3. The van der Waals surface area contributed by atoms with Crippen molar-refractivity contribution >= 4 is 61.8 Å². The van der Waals surface area contributed by atoms with Crippen molar-refractivity contribution in [1.82, 2.24) is 29.4 Å². The summed E-state index contributed by atoms with van der Waals surface area (Å²) in [6.45, 7) is 6.37. The van der Waals surface area contributed by atoms with Gasteiger partial charge in [-0.05, 0) is 91.3 Å². The van der Waals surface area contributed by atoms with Gasteiger partial charge in [0.25, 0.3) is 5.91 Å². The van der Waals surface area contributed by atoms with Crippen molar-refractivity contribution in [2.75, 3.05) is 73.4 Å². The number of alkyl halides is 1. The lowest BCUT2D eigenvalue weighted by Gasteiger charge is -2.40. The number of hydrogen-bond donors (Lipinski definition) is 3. The molecule has 10 rings (SSSR count). The van der Waals surface area contributed by atoms with E-state index in [0.29, 0.717) is 41.0 Å². The molecule has 3 N–H and O–H groups in total. The molecule has 3 aromatic carbocycles. The van der Waals surface area contributed by atoms with Crippen LogP contribution in [0.5, 0.6) is 0 Å². The highest BCUT2D eigenvalue weighted by atomic mass is 32.2. The van der Waals surface area contributed by atoms with Gasteiger partial charge in [-0.15, -0.1) is 0 Å². The van der Waals surface area contributed by atoms with Crippen LogP contribution in [0.15, 0.2) is 73.1 Å². The Bertz CT molecular complexity index is 2860. The van der Waals surface area contributed by atoms with Crippen LogP contribution in [-0.4, -0.2) is 127 Å². The smallest absolute Gasteiger partial charge is 0.301 e. The lowest BCUT2D eigenvalue weighted by molar-refractivity contribution is -0.136. The van der Waals surface area contributed by atoms with Crippen molar-refractivity contribution in [2.24, 2.45) is 5.92 Å². The zero-order valence-corrected chi connectivity index (χ0v) is 36.8. The van der Waals surface area contributed by atoms with Gasteiger partial charge in [-0.3, -0.25) is 34.1 Å². The molecule has 3 amide bonds. The van der Waals surface area contributed by atoms with Crippen LogP contribution in [-0.2, 0) is 26.3 Å². The third-order valence-electron chi connectivity index (χ3n) is 13.7. The Balaban J connectivity index is 0.730. The molecule has 4 fully saturated rings. The number of pyridine rings is 1. The van der Waals surface area contributed by atoms with Crippen LogP contribution >= 0.6 is 0 Å². The first-order valence-corrected chi connectivity index (χ1v) is 23.8. The Morgan fingerprint density at radius 1 is 0.833 bits per heavy atom. The van der Waals surface area contributed by atoms with Gasteiger partial charge >= 0.3 is 10.2 Å². The second kappa shape index (κ2) is 17.5. The number of piperazine rings is 1. The summed E-state index contributed by atoms with van der Waals surface area (Å²) in [4.78, 5) is 67.2. The minimum atomic E-state index is -4.36. The lowest BCUT2D eigenvalue weighted by Crippen LogP contribution is -2.52. The quantitative estimate of drug-likeness (QED) is 0.118. The zero-order valence-electron chi connectivity index (χ0n) is 35.9. The summed E-state index contributed by atoms with van der Waals surface area (Å²) >= 11 is 0. The topological polar surface area (TPSA) is 171 Å². The Labute approximate surface area is 379 Å². The van der Waals surface area contributed by atoms with Gasteiger partial charge in [0.05, 0.1) is 11.3 Å². The molecule has 0 aliphatic carbocycles. The van der Waals surface area contributed by atoms with Crippen LogP contribution in [0.1, 0.15) is 63.9 Å². The fourth-order valence-electron chi connectivity index (χ4n) is 9.98. The number of ketones is 1. The number of nitrogens with zero attached hydrogens (tertiary/aromatic N) is 6. The van der Waals surface area contributed by atoms with Gasteiger partial charge in [0, 0.05) is 118 Å². The number of anilines is 3. The molecule has 2 atom stereocenters. The molecule has 66 heavy (non-hydrogen) atoms. The molecule has 344 valence electrons. The number of fused-ring (bicyclic) bond motifs is 2. The maximum atomic E-state index is 15.8. The number of halogens is 3. The molecule has 0 unspecified atom stereocenters. The Hall–Kier alpha value is -6.31. The number of piperidine rings is 2. The SMILES string of the molecule is O=C1CC[C@H](N2Cc3cc(N4CCN(CC5CCN(c6ccc(-c7cnc8[nH]cc(C(=O)c9c(F)ccc(NS(=O)(=O)N%10CC[C@@H](F)C%10)c9F)c8c7)cc6)CC5)CC4)ccc3C2=O)C(=O)N1. The number of benzene rings is 3. The van der Waals surface area contributed by atoms with Gasteiger partial charge in [0.15, 0.2) is 5.82 Å². The van der Waals surface area contributed by atoms with E-state index in [2.05, 4.69) is 48.2 Å². The van der Waals surface area contributed by atoms with E-state index in [-0.39, 0.29) is 43.3 Å². The number of carbonyl (C=O) groups is 4. The first-order chi connectivity index (χ1) is 31.8. The highest BCUT2D eigenvalue weighted by Crippen LogP contribution is 2.34. The highest BCUT2D eigenvalue weighted by Gasteiger charge is 2.40. The number of hydrogen-bond acceptors (Lipinski definition) is 10. The molecule has 7 heterocycles. The summed E-state index contributed by atoms with van der Waals surface area (Å²) in [6.07, 6.45) is 4.31. The second-order valence-corrected chi connectivity index (χ2v) is 19.5. The maximum absolute atomic E-state index is 15.8. The number of aromatic amines is 1. The summed E-state index contributed by atoms with van der Waals surface area (Å²) < 4.78 is 73.1. The van der Waals surface area contributed by atoms with Crippen molar-refractivity contribution < 1.29 is 40.8 Å². The molecule has 0 bridgehead atoms. The second-order valence-electron chi connectivity index (χ2n) is 17.8. The van der Waals surface area contributed by atoms with E-state index in [4.69, 9.17) is 0 Å². The highest BCUT2D eigenvalue weighted by molar-refractivity contribution is 7.90. The van der Waals surface area contributed by atoms with Crippen LogP contribution in [0, 0.1) is 17.6 Å². The van der Waals surface area contributed by atoms with Crippen molar-refractivity contribution in [2.45, 2.75) is 50.9 Å². The molecule has 2 aromatic heterocycles. The van der Waals surface area contributed by atoms with Crippen LogP contribution in [0.4, 0.5) is 30.2 Å². The van der Waals surface area contributed by atoms with Gasteiger partial charge in [0.2, 0.25) is 17.6 Å². The Kier molecular flexibility index (Phi) is 11.5. The first kappa shape index (κ1) is 43.6. The van der Waals surface area contributed by atoms with Gasteiger partial charge in [-0.2, -0.15) is 12.7 Å². The minimum absolute atomic E-state index is 0.00369. The van der Waals surface area contributed by atoms with Crippen molar-refractivity contribution in [3.05, 3.63) is 107 Å². The van der Waals surface area contributed by atoms with Gasteiger partial charge in [-0.25, -0.2) is 18.2 Å². The molecular formula is C47H48F3N9O6S. The largest absolute Gasteiger partial charge is 0.372 e. The van der Waals surface area contributed by atoms with E-state index >= 15 is 8.78 Å². The third kappa shape index (κ3) is 8.39. The Morgan fingerprint density at radius 2 is 1.58 bits per heavy atom. The maximum Gasteiger partial charge on any atom is 0.301 e. The standard InChI is InChI=1S/C47H48F3N9O6S/c48-32-13-16-58(27-32)66(64,65)54-39-8-7-38(49)42(43(39)50)44(61)37-24-52-45-36(37)22-30(23-51-45)29-1-3-33(4-2-29)56-14-11-28(12-15-56)25-55-17-19-57(20-18-55)34-5-6-35-31(21-34)26-59(47(35)63)40-9-10-41(60)53-46(40)62/h1-8,21-24,28,32,40,54H,9-20,25-27H2,(H,51,52)(H,53,60,62)/t32-,40+/m1/s1. The molecular weight excluding hydrogens is 876 g/mol. The monoisotopic (exact) mass is 923 g/mol. The van der Waals surface area contributed by atoms with Gasteiger partial charge in [0.1, 0.15) is 23.7 Å².